The average molecular weight is 307 g/mol. The molecule has 4 nitrogen and oxygen atoms in total. The lowest BCUT2D eigenvalue weighted by Crippen LogP contribution is -2.35. The van der Waals surface area contributed by atoms with E-state index in [0.29, 0.717) is 6.54 Å². The molecule has 0 bridgehead atoms. The quantitative estimate of drug-likeness (QED) is 0.647. The van der Waals surface area contributed by atoms with Crippen molar-refractivity contribution in [1.29, 1.82) is 0 Å². The molecule has 1 N–H and O–H groups in total. The van der Waals surface area contributed by atoms with Gasteiger partial charge in [-0.1, -0.05) is 6.07 Å². The third-order valence-corrected chi connectivity index (χ3v) is 4.42. The summed E-state index contributed by atoms with van der Waals surface area (Å²) in [5, 5.41) is 2.63. The number of hydrogen-bond acceptors (Lipinski definition) is 4. The molecule has 21 heavy (non-hydrogen) atoms. The van der Waals surface area contributed by atoms with Crippen LogP contribution in [0.4, 0.5) is 0 Å². The Kier molecular flexibility index (Phi) is 5.67. The highest BCUT2D eigenvalue weighted by Gasteiger charge is 2.17. The number of thioether (sulfide) groups is 1. The molecule has 1 aliphatic rings. The maximum absolute atomic E-state index is 11.7. The first-order valence-electron chi connectivity index (χ1n) is 7.32. The van der Waals surface area contributed by atoms with Crippen LogP contribution in [0.5, 0.6) is 0 Å². The summed E-state index contributed by atoms with van der Waals surface area (Å²) in [6.07, 6.45) is 2.77. The predicted octanol–water partition coefficient (Wildman–Crippen LogP) is 2.34. The van der Waals surface area contributed by atoms with Gasteiger partial charge in [-0.05, 0) is 56.4 Å². The van der Waals surface area contributed by atoms with Crippen molar-refractivity contribution in [2.24, 2.45) is 0 Å². The van der Waals surface area contributed by atoms with Crippen LogP contribution >= 0.6 is 11.8 Å². The van der Waals surface area contributed by atoms with Gasteiger partial charge >= 0.3 is 5.97 Å². The van der Waals surface area contributed by atoms with Gasteiger partial charge in [0, 0.05) is 11.4 Å². The second-order valence-electron chi connectivity index (χ2n) is 5.10. The van der Waals surface area contributed by atoms with Gasteiger partial charge in [-0.25, -0.2) is 0 Å². The number of nitrogens with one attached hydrogen (secondary N) is 1. The van der Waals surface area contributed by atoms with Gasteiger partial charge in [-0.3, -0.25) is 9.59 Å². The van der Waals surface area contributed by atoms with E-state index in [1.807, 2.05) is 6.92 Å². The van der Waals surface area contributed by atoms with E-state index in [4.69, 9.17) is 4.74 Å². The monoisotopic (exact) mass is 307 g/mol. The molecule has 0 fully saturated rings. The summed E-state index contributed by atoms with van der Waals surface area (Å²) in [6, 6.07) is 6.36. The van der Waals surface area contributed by atoms with Crippen LogP contribution in [0.2, 0.25) is 0 Å². The Labute approximate surface area is 129 Å². The van der Waals surface area contributed by atoms with Crippen molar-refractivity contribution in [3.63, 3.8) is 0 Å². The molecule has 0 aromatic heterocycles. The Hall–Kier alpha value is -1.49. The number of fused-ring (bicyclic) bond motifs is 1. The molecule has 1 aromatic rings. The summed E-state index contributed by atoms with van der Waals surface area (Å²) in [6.45, 7) is 3.95. The van der Waals surface area contributed by atoms with Crippen LogP contribution in [0.25, 0.3) is 0 Å². The number of carbonyl (C=O) groups excluding carboxylic acids is 2. The van der Waals surface area contributed by atoms with Crippen LogP contribution in [0.1, 0.15) is 31.4 Å². The summed E-state index contributed by atoms with van der Waals surface area (Å²) in [7, 11) is 0. The summed E-state index contributed by atoms with van der Waals surface area (Å²) in [4.78, 5) is 24.3. The van der Waals surface area contributed by atoms with Gasteiger partial charge in [0.25, 0.3) is 5.91 Å². The first-order valence-corrected chi connectivity index (χ1v) is 8.30. The van der Waals surface area contributed by atoms with E-state index in [-0.39, 0.29) is 17.6 Å². The number of likely N-dealkylation sites (N-methyl/N-ethyl adjacent to an activating group) is 1. The lowest BCUT2D eigenvalue weighted by atomic mass is 10.1. The molecule has 0 aliphatic heterocycles. The standard InChI is InChI=1S/C16H21NO3S/c1-3-17-16(19)11(2)20-15(18)10-21-14-8-7-12-5-4-6-13(12)9-14/h7-9,11H,3-6,10H2,1-2H3,(H,17,19)/t11-/m0/s1. The van der Waals surface area contributed by atoms with E-state index in [1.165, 1.54) is 29.3 Å². The summed E-state index contributed by atoms with van der Waals surface area (Å²) in [5.41, 5.74) is 2.82. The van der Waals surface area contributed by atoms with Crippen LogP contribution in [0.15, 0.2) is 23.1 Å². The van der Waals surface area contributed by atoms with E-state index in [2.05, 4.69) is 23.5 Å². The molecular weight excluding hydrogens is 286 g/mol. The van der Waals surface area contributed by atoms with Crippen LogP contribution < -0.4 is 5.32 Å². The van der Waals surface area contributed by atoms with Crippen LogP contribution in [-0.4, -0.2) is 30.3 Å². The fourth-order valence-electron chi connectivity index (χ4n) is 2.38. The van der Waals surface area contributed by atoms with Crippen molar-refractivity contribution in [2.75, 3.05) is 12.3 Å². The largest absolute Gasteiger partial charge is 0.452 e. The van der Waals surface area contributed by atoms with E-state index >= 15 is 0 Å². The lowest BCUT2D eigenvalue weighted by Gasteiger charge is -2.12. The molecule has 0 radical (unpaired) electrons. The topological polar surface area (TPSA) is 55.4 Å². The minimum absolute atomic E-state index is 0.225. The second-order valence-corrected chi connectivity index (χ2v) is 6.15. The number of rotatable bonds is 6. The first-order chi connectivity index (χ1) is 10.1. The molecule has 1 amide bonds. The fourth-order valence-corrected chi connectivity index (χ4v) is 3.13. The first kappa shape index (κ1) is 15.9. The van der Waals surface area contributed by atoms with Crippen LogP contribution in [0.3, 0.4) is 0 Å². The molecule has 1 atom stereocenters. The van der Waals surface area contributed by atoms with Gasteiger partial charge in [0.2, 0.25) is 0 Å². The van der Waals surface area contributed by atoms with E-state index in [9.17, 15) is 9.59 Å². The summed E-state index contributed by atoms with van der Waals surface area (Å²) >= 11 is 1.46. The van der Waals surface area contributed by atoms with Crippen LogP contribution in [-0.2, 0) is 27.2 Å². The van der Waals surface area contributed by atoms with Crippen molar-refractivity contribution in [2.45, 2.75) is 44.1 Å². The van der Waals surface area contributed by atoms with Crippen molar-refractivity contribution in [3.05, 3.63) is 29.3 Å². The van der Waals surface area contributed by atoms with Crippen molar-refractivity contribution in [1.82, 2.24) is 5.32 Å². The zero-order valence-electron chi connectivity index (χ0n) is 12.5. The molecule has 0 unspecified atom stereocenters. The molecule has 114 valence electrons. The molecule has 0 saturated carbocycles. The van der Waals surface area contributed by atoms with Crippen molar-refractivity contribution >= 4 is 23.6 Å². The number of esters is 1. The molecule has 1 aromatic carbocycles. The normalized spacial score (nSPS) is 14.4. The smallest absolute Gasteiger partial charge is 0.317 e. The average Bonchev–Trinajstić information content (AvgIpc) is 2.92. The van der Waals surface area contributed by atoms with E-state index < -0.39 is 6.10 Å². The van der Waals surface area contributed by atoms with Gasteiger partial charge in [-0.2, -0.15) is 0 Å². The van der Waals surface area contributed by atoms with Gasteiger partial charge in [0.05, 0.1) is 5.75 Å². The number of carbonyl (C=O) groups is 2. The molecular formula is C16H21NO3S. The molecule has 0 saturated heterocycles. The van der Waals surface area contributed by atoms with Gasteiger partial charge in [0.1, 0.15) is 0 Å². The highest BCUT2D eigenvalue weighted by molar-refractivity contribution is 8.00. The molecule has 0 heterocycles. The maximum Gasteiger partial charge on any atom is 0.317 e. The SMILES string of the molecule is CCNC(=O)[C@H](C)OC(=O)CSc1ccc2c(c1)CCC2. The minimum Gasteiger partial charge on any atom is -0.452 e. The Bertz CT molecular complexity index is 530. The van der Waals surface area contributed by atoms with E-state index in [0.717, 1.165) is 17.7 Å². The lowest BCUT2D eigenvalue weighted by molar-refractivity contribution is -0.152. The zero-order valence-corrected chi connectivity index (χ0v) is 13.3. The minimum atomic E-state index is -0.738. The number of hydrogen-bond donors (Lipinski definition) is 1. The zero-order chi connectivity index (χ0) is 15.2. The maximum atomic E-state index is 11.7. The fraction of sp³-hybridized carbons (Fsp3) is 0.500. The highest BCUT2D eigenvalue weighted by Crippen LogP contribution is 2.27. The molecule has 5 heteroatoms. The van der Waals surface area contributed by atoms with Crippen LogP contribution in [0, 0.1) is 0 Å². The Morgan fingerprint density at radius 1 is 1.33 bits per heavy atom. The molecule has 0 spiro atoms. The van der Waals surface area contributed by atoms with Gasteiger partial charge in [-0.15, -0.1) is 11.8 Å². The number of amides is 1. The Balaban J connectivity index is 1.80. The molecule has 1 aliphatic carbocycles. The summed E-state index contributed by atoms with van der Waals surface area (Å²) < 4.78 is 5.11. The number of benzene rings is 1. The highest BCUT2D eigenvalue weighted by atomic mass is 32.2. The van der Waals surface area contributed by atoms with Crippen molar-refractivity contribution in [3.8, 4) is 0 Å². The number of aryl methyl sites for hydroxylation is 2. The van der Waals surface area contributed by atoms with Gasteiger partial charge in [0.15, 0.2) is 6.10 Å². The second kappa shape index (κ2) is 7.50. The number of ether oxygens (including phenoxy) is 1. The van der Waals surface area contributed by atoms with Gasteiger partial charge < -0.3 is 10.1 Å². The third-order valence-electron chi connectivity index (χ3n) is 3.46. The molecule has 2 rings (SSSR count). The Morgan fingerprint density at radius 3 is 2.86 bits per heavy atom. The van der Waals surface area contributed by atoms with Crippen molar-refractivity contribution < 1.29 is 14.3 Å². The third kappa shape index (κ3) is 4.49. The summed E-state index contributed by atoms with van der Waals surface area (Å²) in [5.74, 6) is -0.393. The predicted molar refractivity (Wildman–Crippen MR) is 83.4 cm³/mol. The Morgan fingerprint density at radius 2 is 2.10 bits per heavy atom. The van der Waals surface area contributed by atoms with E-state index in [1.54, 1.807) is 6.92 Å².